The van der Waals surface area contributed by atoms with Crippen LogP contribution in [0, 0.1) is 5.82 Å². The Hall–Kier alpha value is -2.06. The Labute approximate surface area is 127 Å². The molecule has 0 fully saturated rings. The first-order valence-electron chi connectivity index (χ1n) is 5.96. The van der Waals surface area contributed by atoms with Crippen molar-refractivity contribution in [2.24, 2.45) is 5.14 Å². The number of amides is 1. The minimum atomic E-state index is -4.66. The van der Waals surface area contributed by atoms with Crippen LogP contribution in [0.4, 0.5) is 23.2 Å². The zero-order chi connectivity index (χ0) is 16.3. The fourth-order valence-electron chi connectivity index (χ4n) is 1.72. The summed E-state index contributed by atoms with van der Waals surface area (Å²) in [5, 5.41) is 7.78. The van der Waals surface area contributed by atoms with Crippen LogP contribution in [0.1, 0.15) is 15.9 Å². The maximum absolute atomic E-state index is 13.7. The van der Waals surface area contributed by atoms with Crippen molar-refractivity contribution in [2.45, 2.75) is 11.1 Å². The minimum Gasteiger partial charge on any atom is -0.322 e. The molecule has 0 unspecified atom stereocenters. The van der Waals surface area contributed by atoms with E-state index in [-0.39, 0.29) is 0 Å². The molecule has 1 amide bonds. The Balaban J connectivity index is 2.22. The average molecular weight is 330 g/mol. The van der Waals surface area contributed by atoms with Crippen LogP contribution in [0.2, 0.25) is 0 Å². The Kier molecular flexibility index (Phi) is 4.72. The second-order valence-corrected chi connectivity index (χ2v) is 5.00. The summed E-state index contributed by atoms with van der Waals surface area (Å²) in [5.41, 5.74) is -1.26. The first-order chi connectivity index (χ1) is 10.3. The molecule has 3 N–H and O–H groups in total. The van der Waals surface area contributed by atoms with Crippen LogP contribution in [0.25, 0.3) is 0 Å². The van der Waals surface area contributed by atoms with E-state index >= 15 is 0 Å². The van der Waals surface area contributed by atoms with Crippen molar-refractivity contribution in [1.82, 2.24) is 0 Å². The van der Waals surface area contributed by atoms with Crippen LogP contribution in [-0.4, -0.2) is 5.91 Å². The number of nitrogens with one attached hydrogen (secondary N) is 1. The molecule has 0 saturated heterocycles. The van der Waals surface area contributed by atoms with Crippen molar-refractivity contribution in [3.05, 3.63) is 59.4 Å². The lowest BCUT2D eigenvalue weighted by Gasteiger charge is -2.10. The lowest BCUT2D eigenvalue weighted by molar-refractivity contribution is -0.137. The largest absolute Gasteiger partial charge is 0.416 e. The van der Waals surface area contributed by atoms with Gasteiger partial charge in [0.15, 0.2) is 0 Å². The molecule has 0 saturated carbocycles. The third-order valence-electron chi connectivity index (χ3n) is 2.77. The molecule has 0 radical (unpaired) electrons. The third kappa shape index (κ3) is 3.77. The van der Waals surface area contributed by atoms with E-state index in [9.17, 15) is 22.4 Å². The molecule has 0 heterocycles. The third-order valence-corrected chi connectivity index (χ3v) is 3.30. The Morgan fingerprint density at radius 3 is 2.45 bits per heavy atom. The van der Waals surface area contributed by atoms with Gasteiger partial charge in [0.05, 0.1) is 11.1 Å². The van der Waals surface area contributed by atoms with Crippen molar-refractivity contribution >= 4 is 23.5 Å². The van der Waals surface area contributed by atoms with E-state index in [1.807, 2.05) is 0 Å². The maximum atomic E-state index is 13.7. The molecule has 0 bridgehead atoms. The number of carbonyl (C=O) groups is 1. The molecule has 22 heavy (non-hydrogen) atoms. The quantitative estimate of drug-likeness (QED) is 0.659. The summed E-state index contributed by atoms with van der Waals surface area (Å²) in [4.78, 5) is 12.6. The predicted molar refractivity (Wildman–Crippen MR) is 75.8 cm³/mol. The van der Waals surface area contributed by atoms with E-state index in [4.69, 9.17) is 5.14 Å². The van der Waals surface area contributed by atoms with Crippen LogP contribution in [0.15, 0.2) is 47.4 Å². The highest BCUT2D eigenvalue weighted by Crippen LogP contribution is 2.30. The van der Waals surface area contributed by atoms with Gasteiger partial charge in [0.2, 0.25) is 0 Å². The van der Waals surface area contributed by atoms with Crippen LogP contribution >= 0.6 is 11.9 Å². The number of hydrogen-bond acceptors (Lipinski definition) is 3. The number of benzene rings is 2. The highest BCUT2D eigenvalue weighted by atomic mass is 32.2. The molecule has 0 aliphatic rings. The molecule has 2 aromatic rings. The number of halogens is 4. The van der Waals surface area contributed by atoms with E-state index < -0.39 is 29.0 Å². The molecule has 2 rings (SSSR count). The first kappa shape index (κ1) is 16.3. The molecule has 0 aliphatic heterocycles. The lowest BCUT2D eigenvalue weighted by Crippen LogP contribution is -2.15. The van der Waals surface area contributed by atoms with Gasteiger partial charge in [0.25, 0.3) is 5.91 Å². The van der Waals surface area contributed by atoms with Crippen molar-refractivity contribution in [2.75, 3.05) is 5.32 Å². The molecule has 0 spiro atoms. The van der Waals surface area contributed by atoms with Gasteiger partial charge in [-0.1, -0.05) is 6.07 Å². The molecule has 0 aliphatic carbocycles. The zero-order valence-electron chi connectivity index (χ0n) is 10.9. The van der Waals surface area contributed by atoms with Gasteiger partial charge >= 0.3 is 6.18 Å². The number of nitrogens with two attached hydrogens (primary N) is 1. The number of rotatable bonds is 3. The van der Waals surface area contributed by atoms with Crippen LogP contribution in [-0.2, 0) is 6.18 Å². The van der Waals surface area contributed by atoms with Crippen molar-refractivity contribution in [1.29, 1.82) is 0 Å². The monoisotopic (exact) mass is 330 g/mol. The van der Waals surface area contributed by atoms with E-state index in [2.05, 4.69) is 5.32 Å². The Bertz CT molecular complexity index is 703. The Morgan fingerprint density at radius 1 is 1.14 bits per heavy atom. The average Bonchev–Trinajstić information content (AvgIpc) is 2.46. The smallest absolute Gasteiger partial charge is 0.322 e. The minimum absolute atomic E-state index is 0.293. The summed E-state index contributed by atoms with van der Waals surface area (Å²) >= 11 is 0.963. The molecule has 3 nitrogen and oxygen atoms in total. The normalized spacial score (nSPS) is 11.3. The maximum Gasteiger partial charge on any atom is 0.416 e. The van der Waals surface area contributed by atoms with Gasteiger partial charge in [0.1, 0.15) is 5.82 Å². The first-order valence-corrected chi connectivity index (χ1v) is 6.84. The van der Waals surface area contributed by atoms with Gasteiger partial charge in [0, 0.05) is 10.6 Å². The topological polar surface area (TPSA) is 55.1 Å². The number of anilines is 1. The van der Waals surface area contributed by atoms with Gasteiger partial charge in [-0.2, -0.15) is 13.2 Å². The van der Waals surface area contributed by atoms with Crippen LogP contribution in [0.3, 0.4) is 0 Å². The highest BCUT2D eigenvalue weighted by Gasteiger charge is 2.31. The summed E-state index contributed by atoms with van der Waals surface area (Å²) in [6, 6.07) is 8.21. The molecule has 0 atom stereocenters. The second kappa shape index (κ2) is 6.37. The number of alkyl halides is 3. The molecule has 2 aromatic carbocycles. The fraction of sp³-hybridized carbons (Fsp3) is 0.0714. The predicted octanol–water partition coefficient (Wildman–Crippen LogP) is 4.06. The molecule has 0 aromatic heterocycles. The van der Waals surface area contributed by atoms with E-state index in [1.54, 1.807) is 24.3 Å². The van der Waals surface area contributed by atoms with E-state index in [0.717, 1.165) is 18.0 Å². The fourth-order valence-corrected chi connectivity index (χ4v) is 2.07. The summed E-state index contributed by atoms with van der Waals surface area (Å²) in [5.74, 6) is -2.08. The van der Waals surface area contributed by atoms with Crippen LogP contribution in [0.5, 0.6) is 0 Å². The SMILES string of the molecule is NSc1cccc(NC(=O)c2ccc(C(F)(F)F)cc2F)c1. The van der Waals surface area contributed by atoms with E-state index in [0.29, 0.717) is 22.7 Å². The summed E-state index contributed by atoms with van der Waals surface area (Å²) in [7, 11) is 0. The van der Waals surface area contributed by atoms with Gasteiger partial charge in [-0.25, -0.2) is 4.39 Å². The van der Waals surface area contributed by atoms with Gasteiger partial charge in [-0.15, -0.1) is 0 Å². The molecular weight excluding hydrogens is 320 g/mol. The number of hydrogen-bond donors (Lipinski definition) is 2. The standard InChI is InChI=1S/C14H10F4N2OS/c15-12-6-8(14(16,17)18)4-5-11(12)13(21)20-9-2-1-3-10(7-9)22-19/h1-7H,19H2,(H,20,21). The zero-order valence-corrected chi connectivity index (χ0v) is 11.8. The van der Waals surface area contributed by atoms with Crippen molar-refractivity contribution in [3.8, 4) is 0 Å². The summed E-state index contributed by atoms with van der Waals surface area (Å²) in [6.07, 6.45) is -4.66. The second-order valence-electron chi connectivity index (χ2n) is 4.29. The summed E-state index contributed by atoms with van der Waals surface area (Å²) < 4.78 is 51.0. The molecular formula is C14H10F4N2OS. The lowest BCUT2D eigenvalue weighted by atomic mass is 10.1. The van der Waals surface area contributed by atoms with Gasteiger partial charge in [-0.3, -0.25) is 9.93 Å². The van der Waals surface area contributed by atoms with E-state index in [1.165, 1.54) is 0 Å². The summed E-state index contributed by atoms with van der Waals surface area (Å²) in [6.45, 7) is 0. The van der Waals surface area contributed by atoms with Gasteiger partial charge < -0.3 is 5.32 Å². The van der Waals surface area contributed by atoms with Crippen molar-refractivity contribution < 1.29 is 22.4 Å². The Morgan fingerprint density at radius 2 is 1.86 bits per heavy atom. The molecule has 116 valence electrons. The number of carbonyl (C=O) groups excluding carboxylic acids is 1. The van der Waals surface area contributed by atoms with Gasteiger partial charge in [-0.05, 0) is 48.3 Å². The van der Waals surface area contributed by atoms with Crippen molar-refractivity contribution in [3.63, 3.8) is 0 Å². The van der Waals surface area contributed by atoms with Crippen LogP contribution < -0.4 is 10.5 Å². The highest BCUT2D eigenvalue weighted by molar-refractivity contribution is 7.97. The molecule has 8 heteroatoms.